The van der Waals surface area contributed by atoms with Crippen LogP contribution in [-0.4, -0.2) is 51.0 Å². The van der Waals surface area contributed by atoms with Gasteiger partial charge in [-0.25, -0.2) is 0 Å². The maximum absolute atomic E-state index is 9.67. The van der Waals surface area contributed by atoms with E-state index in [0.29, 0.717) is 26.3 Å². The highest BCUT2D eigenvalue weighted by Gasteiger charge is 2.09. The summed E-state index contributed by atoms with van der Waals surface area (Å²) in [4.78, 5) is 4.60. The first-order chi connectivity index (χ1) is 13.8. The van der Waals surface area contributed by atoms with E-state index in [4.69, 9.17) is 9.47 Å². The van der Waals surface area contributed by atoms with Gasteiger partial charge in [-0.15, -0.1) is 24.0 Å². The number of nitrogens with one attached hydrogen (secondary N) is 2. The van der Waals surface area contributed by atoms with Crippen LogP contribution in [-0.2, 0) is 11.3 Å². The van der Waals surface area contributed by atoms with Crippen LogP contribution in [0.4, 0.5) is 0 Å². The Hall–Kier alpha value is -1.84. The molecule has 0 saturated carbocycles. The Labute approximate surface area is 190 Å². The highest BCUT2D eigenvalue weighted by molar-refractivity contribution is 14.0. The highest BCUT2D eigenvalue weighted by Crippen LogP contribution is 2.15. The predicted octanol–water partition coefficient (Wildman–Crippen LogP) is 3.16. The molecule has 0 aliphatic heterocycles. The van der Waals surface area contributed by atoms with Gasteiger partial charge in [0.1, 0.15) is 5.75 Å². The molecule has 0 bridgehead atoms. The first-order valence-corrected chi connectivity index (χ1v) is 9.65. The molecule has 0 heterocycles. The second kappa shape index (κ2) is 15.1. The number of ether oxygens (including phenoxy) is 2. The van der Waals surface area contributed by atoms with Crippen LogP contribution in [0.5, 0.6) is 5.75 Å². The molecule has 0 aliphatic rings. The van der Waals surface area contributed by atoms with E-state index < -0.39 is 0 Å². The van der Waals surface area contributed by atoms with E-state index in [-0.39, 0.29) is 36.5 Å². The largest absolute Gasteiger partial charge is 0.497 e. The van der Waals surface area contributed by atoms with Crippen molar-refractivity contribution in [1.29, 1.82) is 0 Å². The van der Waals surface area contributed by atoms with Gasteiger partial charge < -0.3 is 25.2 Å². The quantitative estimate of drug-likeness (QED) is 0.186. The van der Waals surface area contributed by atoms with Crippen LogP contribution < -0.4 is 15.4 Å². The van der Waals surface area contributed by atoms with Crippen molar-refractivity contribution in [2.45, 2.75) is 19.4 Å². The van der Waals surface area contributed by atoms with Crippen LogP contribution in [0.1, 0.15) is 24.0 Å². The molecule has 7 heteroatoms. The lowest BCUT2D eigenvalue weighted by Gasteiger charge is -2.15. The summed E-state index contributed by atoms with van der Waals surface area (Å²) in [5, 5.41) is 16.2. The first kappa shape index (κ1) is 25.2. The second-order valence-electron chi connectivity index (χ2n) is 6.34. The Kier molecular flexibility index (Phi) is 13.1. The fourth-order valence-electron chi connectivity index (χ4n) is 2.73. The van der Waals surface area contributed by atoms with Crippen molar-refractivity contribution in [3.8, 4) is 5.75 Å². The van der Waals surface area contributed by atoms with E-state index in [2.05, 4.69) is 15.6 Å². The summed E-state index contributed by atoms with van der Waals surface area (Å²) in [7, 11) is 1.66. The molecular weight excluding hydrogens is 481 g/mol. The zero-order valence-electron chi connectivity index (χ0n) is 17.1. The van der Waals surface area contributed by atoms with Gasteiger partial charge in [0.15, 0.2) is 5.96 Å². The van der Waals surface area contributed by atoms with E-state index in [9.17, 15) is 5.11 Å². The van der Waals surface area contributed by atoms with Crippen molar-refractivity contribution in [2.24, 2.45) is 4.99 Å². The number of halogens is 1. The standard InChI is InChI=1S/C22H31N3O3.HI/c1-3-23-22(25-15-20(16-26)19-9-5-4-6-10-19)24-12-13-28-17-18-8-7-11-21(14-18)27-2;/h4-11,14,20,26H,3,12-13,15-17H2,1-2H3,(H2,23,24,25);1H. The molecule has 0 aliphatic carbocycles. The molecule has 2 rings (SSSR count). The Balaban J connectivity index is 0.00000420. The second-order valence-corrected chi connectivity index (χ2v) is 6.34. The van der Waals surface area contributed by atoms with E-state index in [1.54, 1.807) is 7.11 Å². The van der Waals surface area contributed by atoms with Crippen molar-refractivity contribution >= 4 is 29.9 Å². The number of nitrogens with zero attached hydrogens (tertiary/aromatic N) is 1. The third-order valence-corrected chi connectivity index (χ3v) is 4.25. The number of aliphatic hydroxyl groups excluding tert-OH is 1. The molecule has 2 aromatic carbocycles. The van der Waals surface area contributed by atoms with Gasteiger partial charge in [0, 0.05) is 19.0 Å². The van der Waals surface area contributed by atoms with Crippen molar-refractivity contribution in [3.63, 3.8) is 0 Å². The number of guanidine groups is 1. The zero-order chi connectivity index (χ0) is 20.0. The number of benzene rings is 2. The minimum atomic E-state index is -0.0130. The molecule has 1 atom stereocenters. The van der Waals surface area contributed by atoms with E-state index in [1.165, 1.54) is 0 Å². The van der Waals surface area contributed by atoms with Gasteiger partial charge >= 0.3 is 0 Å². The predicted molar refractivity (Wildman–Crippen MR) is 128 cm³/mol. The normalized spacial score (nSPS) is 12.0. The SMILES string of the molecule is CCNC(=NCC(CO)c1ccccc1)NCCOCc1cccc(OC)c1.I. The van der Waals surface area contributed by atoms with E-state index in [0.717, 1.165) is 29.4 Å². The van der Waals surface area contributed by atoms with E-state index in [1.807, 2.05) is 61.5 Å². The molecule has 0 amide bonds. The number of rotatable bonds is 11. The van der Waals surface area contributed by atoms with Gasteiger partial charge in [0.2, 0.25) is 0 Å². The molecule has 1 unspecified atom stereocenters. The number of hydrogen-bond acceptors (Lipinski definition) is 4. The topological polar surface area (TPSA) is 75.1 Å². The molecule has 3 N–H and O–H groups in total. The molecule has 0 spiro atoms. The Morgan fingerprint density at radius 2 is 1.90 bits per heavy atom. The average Bonchev–Trinajstić information content (AvgIpc) is 2.74. The Morgan fingerprint density at radius 3 is 2.59 bits per heavy atom. The van der Waals surface area contributed by atoms with Crippen LogP contribution in [0, 0.1) is 0 Å². The summed E-state index contributed by atoms with van der Waals surface area (Å²) in [5.74, 6) is 1.54. The number of aliphatic imine (C=N–C) groups is 1. The molecule has 0 saturated heterocycles. The summed E-state index contributed by atoms with van der Waals surface area (Å²) in [6.07, 6.45) is 0. The molecular formula is C22H32IN3O3. The van der Waals surface area contributed by atoms with Gasteiger partial charge in [0.25, 0.3) is 0 Å². The molecule has 0 aromatic heterocycles. The van der Waals surface area contributed by atoms with Crippen LogP contribution >= 0.6 is 24.0 Å². The third-order valence-electron chi connectivity index (χ3n) is 4.25. The van der Waals surface area contributed by atoms with Crippen molar-refractivity contribution in [3.05, 3.63) is 65.7 Å². The van der Waals surface area contributed by atoms with Crippen molar-refractivity contribution in [2.75, 3.05) is 40.0 Å². The lowest BCUT2D eigenvalue weighted by atomic mass is 10.0. The summed E-state index contributed by atoms with van der Waals surface area (Å²) in [5.41, 5.74) is 2.17. The van der Waals surface area contributed by atoms with Crippen molar-refractivity contribution in [1.82, 2.24) is 10.6 Å². The fraction of sp³-hybridized carbons (Fsp3) is 0.409. The summed E-state index contributed by atoms with van der Waals surface area (Å²) < 4.78 is 10.9. The minimum absolute atomic E-state index is 0. The Bertz CT molecular complexity index is 713. The van der Waals surface area contributed by atoms with Crippen molar-refractivity contribution < 1.29 is 14.6 Å². The highest BCUT2D eigenvalue weighted by atomic mass is 127. The van der Waals surface area contributed by atoms with Crippen LogP contribution in [0.25, 0.3) is 0 Å². The number of methoxy groups -OCH3 is 1. The maximum atomic E-state index is 9.67. The van der Waals surface area contributed by atoms with Gasteiger partial charge in [-0.2, -0.15) is 0 Å². The van der Waals surface area contributed by atoms with Crippen LogP contribution in [0.2, 0.25) is 0 Å². The van der Waals surface area contributed by atoms with Crippen LogP contribution in [0.15, 0.2) is 59.6 Å². The molecule has 0 fully saturated rings. The van der Waals surface area contributed by atoms with Gasteiger partial charge in [-0.1, -0.05) is 42.5 Å². The molecule has 6 nitrogen and oxygen atoms in total. The molecule has 2 aromatic rings. The summed E-state index contributed by atoms with van der Waals surface area (Å²) >= 11 is 0. The zero-order valence-corrected chi connectivity index (χ0v) is 19.5. The summed E-state index contributed by atoms with van der Waals surface area (Å²) in [6.45, 7) is 5.11. The minimum Gasteiger partial charge on any atom is -0.497 e. The van der Waals surface area contributed by atoms with Gasteiger partial charge in [-0.05, 0) is 30.2 Å². The average molecular weight is 513 g/mol. The Morgan fingerprint density at radius 1 is 1.10 bits per heavy atom. The van der Waals surface area contributed by atoms with Crippen LogP contribution in [0.3, 0.4) is 0 Å². The summed E-state index contributed by atoms with van der Waals surface area (Å²) in [6, 6.07) is 17.8. The van der Waals surface area contributed by atoms with Gasteiger partial charge in [0.05, 0.1) is 33.5 Å². The third kappa shape index (κ3) is 9.47. The monoisotopic (exact) mass is 513 g/mol. The molecule has 160 valence electrons. The van der Waals surface area contributed by atoms with E-state index >= 15 is 0 Å². The fourth-order valence-corrected chi connectivity index (χ4v) is 2.73. The molecule has 29 heavy (non-hydrogen) atoms. The van der Waals surface area contributed by atoms with Gasteiger partial charge in [-0.3, -0.25) is 4.99 Å². The first-order valence-electron chi connectivity index (χ1n) is 9.65. The lowest BCUT2D eigenvalue weighted by molar-refractivity contribution is 0.125. The molecule has 0 radical (unpaired) electrons. The number of hydrogen-bond donors (Lipinski definition) is 3. The smallest absolute Gasteiger partial charge is 0.191 e. The lowest BCUT2D eigenvalue weighted by Crippen LogP contribution is -2.39. The maximum Gasteiger partial charge on any atom is 0.191 e. The number of aliphatic hydroxyl groups is 1.